The smallest absolute Gasteiger partial charge is 0.339 e. The first-order valence-electron chi connectivity index (χ1n) is 8.90. The highest BCUT2D eigenvalue weighted by Crippen LogP contribution is 2.32. The molecule has 0 N–H and O–H groups in total. The Hall–Kier alpha value is -3.15. The van der Waals surface area contributed by atoms with Gasteiger partial charge in [0.05, 0.1) is 18.2 Å². The molecule has 2 aromatic carbocycles. The molecular formula is C21H19NO5. The lowest BCUT2D eigenvalue weighted by molar-refractivity contribution is -0.127. The van der Waals surface area contributed by atoms with Gasteiger partial charge in [-0.1, -0.05) is 24.3 Å². The number of cyclic esters (lactones) is 1. The molecule has 1 unspecified atom stereocenters. The first-order valence-corrected chi connectivity index (χ1v) is 8.90. The fraction of sp³-hybridized carbons (Fsp3) is 0.286. The topological polar surface area (TPSA) is 72.9 Å². The van der Waals surface area contributed by atoms with E-state index in [0.717, 1.165) is 17.5 Å². The molecule has 138 valence electrons. The van der Waals surface area contributed by atoms with Crippen molar-refractivity contribution in [2.75, 3.05) is 18.6 Å². The van der Waals surface area contributed by atoms with Gasteiger partial charge in [-0.05, 0) is 42.2 Å². The van der Waals surface area contributed by atoms with E-state index in [-0.39, 0.29) is 5.91 Å². The zero-order chi connectivity index (χ0) is 19.0. The third kappa shape index (κ3) is 2.97. The Balaban J connectivity index is 1.65. The van der Waals surface area contributed by atoms with Crippen LogP contribution in [0.4, 0.5) is 5.69 Å². The molecule has 2 aromatic rings. The maximum atomic E-state index is 13.2. The number of hydrogen-bond acceptors (Lipinski definition) is 5. The predicted octanol–water partition coefficient (Wildman–Crippen LogP) is 2.53. The molecule has 4 rings (SSSR count). The fourth-order valence-corrected chi connectivity index (χ4v) is 3.80. The van der Waals surface area contributed by atoms with Crippen LogP contribution in [0.25, 0.3) is 0 Å². The average molecular weight is 365 g/mol. The summed E-state index contributed by atoms with van der Waals surface area (Å²) in [4.78, 5) is 39.1. The summed E-state index contributed by atoms with van der Waals surface area (Å²) in [5, 5.41) is 0. The van der Waals surface area contributed by atoms with Crippen LogP contribution in [-0.4, -0.2) is 37.6 Å². The number of methoxy groups -OCH3 is 1. The SMILES string of the molecule is COC(=O)c1cccc2c1CCCN2C(=O)C1Cc2ccccc2C(=O)O1. The lowest BCUT2D eigenvalue weighted by atomic mass is 9.94. The van der Waals surface area contributed by atoms with E-state index in [9.17, 15) is 14.4 Å². The van der Waals surface area contributed by atoms with Gasteiger partial charge < -0.3 is 14.4 Å². The summed E-state index contributed by atoms with van der Waals surface area (Å²) in [6, 6.07) is 12.4. The van der Waals surface area contributed by atoms with Crippen molar-refractivity contribution in [3.05, 3.63) is 64.7 Å². The molecule has 6 nitrogen and oxygen atoms in total. The minimum Gasteiger partial charge on any atom is -0.465 e. The molecule has 0 saturated heterocycles. The maximum Gasteiger partial charge on any atom is 0.339 e. The molecule has 1 atom stereocenters. The van der Waals surface area contributed by atoms with Gasteiger partial charge in [-0.2, -0.15) is 0 Å². The summed E-state index contributed by atoms with van der Waals surface area (Å²) in [6.45, 7) is 0.520. The van der Waals surface area contributed by atoms with Crippen LogP contribution in [0.5, 0.6) is 0 Å². The minimum atomic E-state index is -0.861. The van der Waals surface area contributed by atoms with E-state index in [1.165, 1.54) is 7.11 Å². The quantitative estimate of drug-likeness (QED) is 0.765. The van der Waals surface area contributed by atoms with E-state index in [4.69, 9.17) is 9.47 Å². The molecule has 0 fully saturated rings. The van der Waals surface area contributed by atoms with E-state index >= 15 is 0 Å². The monoisotopic (exact) mass is 365 g/mol. The summed E-state index contributed by atoms with van der Waals surface area (Å²) < 4.78 is 10.3. The Bertz CT molecular complexity index is 936. The standard InChI is InChI=1S/C21H19NO5/c1-26-20(24)16-8-4-10-17-15(16)9-5-11-22(17)19(23)18-12-13-6-2-3-7-14(13)21(25)27-18/h2-4,6-8,10,18H,5,9,11-12H2,1H3. The van der Waals surface area contributed by atoms with Gasteiger partial charge in [0, 0.05) is 18.7 Å². The number of hydrogen-bond donors (Lipinski definition) is 0. The molecule has 0 bridgehead atoms. The largest absolute Gasteiger partial charge is 0.465 e. The number of benzene rings is 2. The number of nitrogens with zero attached hydrogens (tertiary/aromatic N) is 1. The highest BCUT2D eigenvalue weighted by molar-refractivity contribution is 6.03. The Morgan fingerprint density at radius 1 is 1.15 bits per heavy atom. The Morgan fingerprint density at radius 2 is 1.96 bits per heavy atom. The minimum absolute atomic E-state index is 0.263. The van der Waals surface area contributed by atoms with Gasteiger partial charge in [0.25, 0.3) is 5.91 Å². The molecule has 27 heavy (non-hydrogen) atoms. The van der Waals surface area contributed by atoms with Crippen molar-refractivity contribution < 1.29 is 23.9 Å². The number of carbonyl (C=O) groups excluding carboxylic acids is 3. The molecule has 6 heteroatoms. The molecular weight excluding hydrogens is 346 g/mol. The van der Waals surface area contributed by atoms with Crippen molar-refractivity contribution in [1.82, 2.24) is 0 Å². The van der Waals surface area contributed by atoms with Crippen LogP contribution in [0.1, 0.15) is 38.3 Å². The van der Waals surface area contributed by atoms with Gasteiger partial charge in [-0.3, -0.25) is 4.79 Å². The van der Waals surface area contributed by atoms with Crippen LogP contribution >= 0.6 is 0 Å². The average Bonchev–Trinajstić information content (AvgIpc) is 2.71. The van der Waals surface area contributed by atoms with E-state index < -0.39 is 18.0 Å². The van der Waals surface area contributed by atoms with Crippen LogP contribution in [0.15, 0.2) is 42.5 Å². The van der Waals surface area contributed by atoms with Crippen molar-refractivity contribution in [1.29, 1.82) is 0 Å². The molecule has 1 amide bonds. The Morgan fingerprint density at radius 3 is 2.78 bits per heavy atom. The molecule has 0 radical (unpaired) electrons. The van der Waals surface area contributed by atoms with Gasteiger partial charge in [0.15, 0.2) is 6.10 Å². The van der Waals surface area contributed by atoms with Gasteiger partial charge in [-0.25, -0.2) is 9.59 Å². The fourth-order valence-electron chi connectivity index (χ4n) is 3.80. The summed E-state index contributed by atoms with van der Waals surface area (Å²) >= 11 is 0. The number of rotatable bonds is 2. The second-order valence-electron chi connectivity index (χ2n) is 6.64. The molecule has 2 heterocycles. The van der Waals surface area contributed by atoms with Crippen molar-refractivity contribution in [2.45, 2.75) is 25.4 Å². The first kappa shape index (κ1) is 17.3. The number of carbonyl (C=O) groups is 3. The molecule has 0 spiro atoms. The van der Waals surface area contributed by atoms with Gasteiger partial charge in [-0.15, -0.1) is 0 Å². The first-order chi connectivity index (χ1) is 13.1. The third-order valence-corrected chi connectivity index (χ3v) is 5.09. The van der Waals surface area contributed by atoms with Crippen LogP contribution in [0, 0.1) is 0 Å². The molecule has 0 aromatic heterocycles. The summed E-state index contributed by atoms with van der Waals surface area (Å²) in [5.74, 6) is -1.16. The lowest BCUT2D eigenvalue weighted by Gasteiger charge is -2.34. The van der Waals surface area contributed by atoms with Crippen molar-refractivity contribution in [3.63, 3.8) is 0 Å². The van der Waals surface area contributed by atoms with Crippen LogP contribution in [0.2, 0.25) is 0 Å². The van der Waals surface area contributed by atoms with Gasteiger partial charge in [0.2, 0.25) is 0 Å². The number of anilines is 1. The van der Waals surface area contributed by atoms with E-state index in [0.29, 0.717) is 36.2 Å². The van der Waals surface area contributed by atoms with Crippen LogP contribution in [-0.2, 0) is 27.1 Å². The second-order valence-corrected chi connectivity index (χ2v) is 6.64. The summed E-state index contributed by atoms with van der Waals surface area (Å²) in [7, 11) is 1.34. The number of ether oxygens (including phenoxy) is 2. The lowest BCUT2D eigenvalue weighted by Crippen LogP contribution is -2.46. The Labute approximate surface area is 156 Å². The van der Waals surface area contributed by atoms with E-state index in [2.05, 4.69) is 0 Å². The van der Waals surface area contributed by atoms with Gasteiger partial charge in [0.1, 0.15) is 0 Å². The molecule has 0 aliphatic carbocycles. The molecule has 0 saturated carbocycles. The highest BCUT2D eigenvalue weighted by Gasteiger charge is 2.36. The normalized spacial score (nSPS) is 18.2. The molecule has 2 aliphatic rings. The third-order valence-electron chi connectivity index (χ3n) is 5.09. The van der Waals surface area contributed by atoms with Crippen molar-refractivity contribution >= 4 is 23.5 Å². The van der Waals surface area contributed by atoms with Crippen LogP contribution in [0.3, 0.4) is 0 Å². The number of esters is 2. The zero-order valence-electron chi connectivity index (χ0n) is 14.9. The zero-order valence-corrected chi connectivity index (χ0v) is 14.9. The second kappa shape index (κ2) is 6.87. The highest BCUT2D eigenvalue weighted by atomic mass is 16.5. The van der Waals surface area contributed by atoms with Crippen LogP contribution < -0.4 is 4.90 Å². The van der Waals surface area contributed by atoms with Gasteiger partial charge >= 0.3 is 11.9 Å². The molecule has 2 aliphatic heterocycles. The maximum absolute atomic E-state index is 13.2. The summed E-state index contributed by atoms with van der Waals surface area (Å²) in [5.41, 5.74) is 3.27. The number of fused-ring (bicyclic) bond motifs is 2. The van der Waals surface area contributed by atoms with E-state index in [1.807, 2.05) is 18.2 Å². The Kier molecular flexibility index (Phi) is 4.39. The number of amides is 1. The van der Waals surface area contributed by atoms with Crippen molar-refractivity contribution in [3.8, 4) is 0 Å². The van der Waals surface area contributed by atoms with E-state index in [1.54, 1.807) is 29.2 Å². The van der Waals surface area contributed by atoms with Crippen molar-refractivity contribution in [2.24, 2.45) is 0 Å². The predicted molar refractivity (Wildman–Crippen MR) is 97.8 cm³/mol. The summed E-state index contributed by atoms with van der Waals surface area (Å²) in [6.07, 6.45) is 0.908.